The van der Waals surface area contributed by atoms with E-state index < -0.39 is 21.3 Å². The number of ether oxygens (including phenoxy) is 1. The summed E-state index contributed by atoms with van der Waals surface area (Å²) in [5.41, 5.74) is 2.56. The number of piperidine rings is 1. The molecular weight excluding hydrogens is 433 g/mol. The Bertz CT molecular complexity index is 1190. The van der Waals surface area contributed by atoms with Gasteiger partial charge in [0.05, 0.1) is 12.5 Å². The van der Waals surface area contributed by atoms with Crippen LogP contribution in [0.2, 0.25) is 0 Å². The molecule has 2 heterocycles. The van der Waals surface area contributed by atoms with Crippen LogP contribution in [0.5, 0.6) is 5.75 Å². The van der Waals surface area contributed by atoms with Crippen LogP contribution in [0.25, 0.3) is 0 Å². The first-order valence-electron chi connectivity index (χ1n) is 10.9. The number of hydrogen-bond acceptors (Lipinski definition) is 5. The Labute approximate surface area is 186 Å². The number of fused-ring (bicyclic) bond motifs is 2. The van der Waals surface area contributed by atoms with E-state index in [-0.39, 0.29) is 22.5 Å². The highest BCUT2D eigenvalue weighted by Crippen LogP contribution is 2.54. The van der Waals surface area contributed by atoms with Gasteiger partial charge >= 0.3 is 0 Å². The highest BCUT2D eigenvalue weighted by molar-refractivity contribution is 7.92. The highest BCUT2D eigenvalue weighted by atomic mass is 32.2. The first-order chi connectivity index (χ1) is 15.3. The van der Waals surface area contributed by atoms with Crippen LogP contribution in [0.4, 0.5) is 15.8 Å². The third-order valence-electron chi connectivity index (χ3n) is 7.01. The molecule has 9 heteroatoms. The minimum Gasteiger partial charge on any atom is -0.495 e. The largest absolute Gasteiger partial charge is 0.495 e. The molecular formula is C23H26FN3O4S. The van der Waals surface area contributed by atoms with Crippen LogP contribution in [0.3, 0.4) is 0 Å². The molecule has 2 aromatic carbocycles. The van der Waals surface area contributed by atoms with E-state index in [1.165, 1.54) is 13.2 Å². The number of anilines is 2. The number of carbonyl (C=O) groups excluding carboxylic acids is 1. The second-order valence-electron chi connectivity index (χ2n) is 8.80. The molecule has 1 saturated carbocycles. The van der Waals surface area contributed by atoms with E-state index in [4.69, 9.17) is 4.74 Å². The van der Waals surface area contributed by atoms with Crippen LogP contribution in [0.15, 0.2) is 35.2 Å². The van der Waals surface area contributed by atoms with Crippen molar-refractivity contribution in [3.05, 3.63) is 47.3 Å². The molecule has 2 aromatic rings. The zero-order valence-electron chi connectivity index (χ0n) is 17.8. The molecule has 3 aliphatic rings. The molecule has 0 unspecified atom stereocenters. The molecule has 1 aliphatic carbocycles. The Morgan fingerprint density at radius 1 is 1.16 bits per heavy atom. The Morgan fingerprint density at radius 2 is 1.91 bits per heavy atom. The summed E-state index contributed by atoms with van der Waals surface area (Å²) in [6.45, 7) is 1.75. The summed E-state index contributed by atoms with van der Waals surface area (Å²) >= 11 is 0. The van der Waals surface area contributed by atoms with Crippen molar-refractivity contribution < 1.29 is 22.3 Å². The van der Waals surface area contributed by atoms with Gasteiger partial charge in [-0.25, -0.2) is 12.8 Å². The molecule has 1 amide bonds. The summed E-state index contributed by atoms with van der Waals surface area (Å²) in [7, 11) is -2.73. The molecule has 3 N–H and O–H groups in total. The predicted octanol–water partition coefficient (Wildman–Crippen LogP) is 3.48. The van der Waals surface area contributed by atoms with E-state index in [1.807, 2.05) is 6.07 Å². The third kappa shape index (κ3) is 3.34. The number of halogens is 1. The third-order valence-corrected chi connectivity index (χ3v) is 8.43. The second-order valence-corrected chi connectivity index (χ2v) is 10.5. The van der Waals surface area contributed by atoms with E-state index in [2.05, 4.69) is 15.4 Å². The van der Waals surface area contributed by atoms with Crippen molar-refractivity contribution in [2.75, 3.05) is 30.2 Å². The Hall–Kier alpha value is -2.65. The molecule has 170 valence electrons. The summed E-state index contributed by atoms with van der Waals surface area (Å²) in [5.74, 6) is -0.410. The molecule has 32 heavy (non-hydrogen) atoms. The number of methoxy groups -OCH3 is 1. The van der Waals surface area contributed by atoms with Gasteiger partial charge in [-0.15, -0.1) is 0 Å². The van der Waals surface area contributed by atoms with Crippen LogP contribution in [-0.4, -0.2) is 34.5 Å². The minimum atomic E-state index is -4.04. The Morgan fingerprint density at radius 3 is 2.56 bits per heavy atom. The molecule has 1 spiro atoms. The van der Waals surface area contributed by atoms with E-state index in [0.717, 1.165) is 74.1 Å². The summed E-state index contributed by atoms with van der Waals surface area (Å²) in [5, 5.41) is 6.45. The molecule has 0 aromatic heterocycles. The number of rotatable bonds is 5. The van der Waals surface area contributed by atoms with Gasteiger partial charge in [0.15, 0.2) is 0 Å². The zero-order valence-corrected chi connectivity index (χ0v) is 18.6. The van der Waals surface area contributed by atoms with Gasteiger partial charge in [-0.05, 0) is 80.1 Å². The summed E-state index contributed by atoms with van der Waals surface area (Å²) in [4.78, 5) is 12.7. The number of amides is 1. The molecule has 2 fully saturated rings. The van der Waals surface area contributed by atoms with Crippen molar-refractivity contribution in [1.29, 1.82) is 0 Å². The van der Waals surface area contributed by atoms with E-state index in [9.17, 15) is 17.6 Å². The first-order valence-corrected chi connectivity index (χ1v) is 12.4. The maximum atomic E-state index is 13.6. The van der Waals surface area contributed by atoms with Crippen molar-refractivity contribution in [1.82, 2.24) is 5.32 Å². The van der Waals surface area contributed by atoms with Crippen molar-refractivity contribution in [2.45, 2.75) is 48.3 Å². The van der Waals surface area contributed by atoms with Gasteiger partial charge in [0.2, 0.25) is 5.91 Å². The number of hydrogen-bond donors (Lipinski definition) is 3. The lowest BCUT2D eigenvalue weighted by Gasteiger charge is -2.36. The van der Waals surface area contributed by atoms with Gasteiger partial charge < -0.3 is 15.4 Å². The average molecular weight is 460 g/mol. The van der Waals surface area contributed by atoms with Crippen LogP contribution in [-0.2, 0) is 20.2 Å². The predicted molar refractivity (Wildman–Crippen MR) is 119 cm³/mol. The molecule has 7 nitrogen and oxygen atoms in total. The van der Waals surface area contributed by atoms with Gasteiger partial charge in [0.1, 0.15) is 16.5 Å². The summed E-state index contributed by atoms with van der Waals surface area (Å²) in [6.07, 6.45) is 4.33. The zero-order chi connectivity index (χ0) is 22.5. The lowest BCUT2D eigenvalue weighted by Crippen LogP contribution is -2.40. The average Bonchev–Trinajstić information content (AvgIpc) is 3.05. The molecule has 2 aliphatic heterocycles. The van der Waals surface area contributed by atoms with Crippen molar-refractivity contribution in [3.8, 4) is 5.75 Å². The van der Waals surface area contributed by atoms with Crippen LogP contribution < -0.4 is 20.1 Å². The fourth-order valence-electron chi connectivity index (χ4n) is 5.15. The van der Waals surface area contributed by atoms with Crippen LogP contribution in [0.1, 0.15) is 49.1 Å². The molecule has 0 radical (unpaired) electrons. The number of benzene rings is 2. The fraction of sp³-hybridized carbons (Fsp3) is 0.435. The number of carbonyl (C=O) groups is 1. The van der Waals surface area contributed by atoms with Crippen molar-refractivity contribution in [2.24, 2.45) is 0 Å². The van der Waals surface area contributed by atoms with Gasteiger partial charge in [-0.2, -0.15) is 0 Å². The topological polar surface area (TPSA) is 96.5 Å². The van der Waals surface area contributed by atoms with E-state index in [0.29, 0.717) is 5.69 Å². The Kier molecular flexibility index (Phi) is 5.13. The second kappa shape index (κ2) is 7.74. The van der Waals surface area contributed by atoms with Crippen molar-refractivity contribution >= 4 is 27.3 Å². The lowest BCUT2D eigenvalue weighted by molar-refractivity contribution is -0.123. The number of nitrogens with one attached hydrogen (secondary N) is 3. The van der Waals surface area contributed by atoms with Crippen molar-refractivity contribution in [3.63, 3.8) is 0 Å². The lowest BCUT2D eigenvalue weighted by atomic mass is 9.65. The van der Waals surface area contributed by atoms with Crippen LogP contribution >= 0.6 is 0 Å². The molecule has 0 atom stereocenters. The number of sulfonamides is 1. The maximum Gasteiger partial charge on any atom is 0.265 e. The smallest absolute Gasteiger partial charge is 0.265 e. The van der Waals surface area contributed by atoms with E-state index >= 15 is 0 Å². The molecule has 0 bridgehead atoms. The minimum absolute atomic E-state index is 0.00847. The van der Waals surface area contributed by atoms with Gasteiger partial charge in [-0.3, -0.25) is 9.52 Å². The van der Waals surface area contributed by atoms with Gasteiger partial charge in [0.25, 0.3) is 10.0 Å². The fourth-order valence-corrected chi connectivity index (χ4v) is 6.34. The first kappa shape index (κ1) is 21.2. The normalized spacial score (nSPS) is 19.9. The van der Waals surface area contributed by atoms with Gasteiger partial charge in [-0.1, -0.05) is 6.42 Å². The monoisotopic (exact) mass is 459 g/mol. The SMILES string of the molecule is COc1cc(F)ccc1S(=O)(=O)Nc1cc(C2CCNCC2)c2c(c1)C1(CCC1)C(=O)N2. The van der Waals surface area contributed by atoms with E-state index in [1.54, 1.807) is 6.07 Å². The Balaban J connectivity index is 1.58. The summed E-state index contributed by atoms with van der Waals surface area (Å²) in [6, 6.07) is 6.94. The maximum absolute atomic E-state index is 13.6. The molecule has 5 rings (SSSR count). The quantitative estimate of drug-likeness (QED) is 0.636. The molecule has 1 saturated heterocycles. The standard InChI is InChI=1S/C23H26FN3O4S/c1-31-19-11-15(24)3-4-20(19)32(29,30)27-16-12-17(14-5-9-25-10-6-14)21-18(13-16)23(7-2-8-23)22(28)26-21/h3-4,11-14,25,27H,2,5-10H2,1H3,(H,26,28). The van der Waals surface area contributed by atoms with Crippen LogP contribution in [0, 0.1) is 5.82 Å². The summed E-state index contributed by atoms with van der Waals surface area (Å²) < 4.78 is 47.7. The van der Waals surface area contributed by atoms with Gasteiger partial charge in [0, 0.05) is 17.4 Å². The highest BCUT2D eigenvalue weighted by Gasteiger charge is 2.52.